The molecule has 0 spiro atoms. The van der Waals surface area contributed by atoms with E-state index in [1.54, 1.807) is 0 Å². The lowest BCUT2D eigenvalue weighted by atomic mass is 9.98. The first-order chi connectivity index (χ1) is 29.0. The number of esters is 2. The topological polar surface area (TPSA) is 231 Å². The fraction of sp³-hybridized carbons (Fsp3) is 0.822. The average Bonchev–Trinajstić information content (AvgIpc) is 3.24. The quantitative estimate of drug-likeness (QED) is 0.0272. The average molecular weight is 859 g/mol. The third kappa shape index (κ3) is 22.2. The highest BCUT2D eigenvalue weighted by atomic mass is 16.7. The molecule has 0 aromatic carbocycles. The Kier molecular flexibility index (Phi) is 29.9. The molecule has 15 heteroatoms. The molecule has 0 amide bonds. The van der Waals surface area contributed by atoms with Crippen LogP contribution >= 0.6 is 0 Å². The maximum Gasteiger partial charge on any atom is 0.306 e. The Morgan fingerprint density at radius 3 is 1.63 bits per heavy atom. The minimum atomic E-state index is -1.77. The van der Waals surface area contributed by atoms with Gasteiger partial charge in [0.15, 0.2) is 18.7 Å². The van der Waals surface area contributed by atoms with Crippen LogP contribution in [-0.2, 0) is 38.0 Å². The lowest BCUT2D eigenvalue weighted by Gasteiger charge is -2.42. The van der Waals surface area contributed by atoms with Crippen molar-refractivity contribution in [2.24, 2.45) is 0 Å². The summed E-state index contributed by atoms with van der Waals surface area (Å²) in [5.74, 6) is -0.958. The first-order valence-corrected chi connectivity index (χ1v) is 22.6. The van der Waals surface area contributed by atoms with E-state index in [9.17, 15) is 45.3 Å². The molecule has 2 rings (SSSR count). The van der Waals surface area contributed by atoms with E-state index in [0.29, 0.717) is 12.8 Å². The van der Waals surface area contributed by atoms with Crippen LogP contribution in [0, 0.1) is 0 Å². The van der Waals surface area contributed by atoms with Crippen molar-refractivity contribution >= 4 is 11.9 Å². The number of hydrogen-bond acceptors (Lipinski definition) is 15. The smallest absolute Gasteiger partial charge is 0.306 e. The molecule has 7 N–H and O–H groups in total. The molecule has 2 aliphatic heterocycles. The van der Waals surface area contributed by atoms with E-state index in [0.717, 1.165) is 89.9 Å². The van der Waals surface area contributed by atoms with Crippen molar-refractivity contribution in [3.63, 3.8) is 0 Å². The molecule has 0 aromatic heterocycles. The van der Waals surface area contributed by atoms with Crippen molar-refractivity contribution in [1.82, 2.24) is 0 Å². The summed E-state index contributed by atoms with van der Waals surface area (Å²) in [6.45, 7) is 2.43. The monoisotopic (exact) mass is 859 g/mol. The van der Waals surface area contributed by atoms with Gasteiger partial charge in [0.25, 0.3) is 0 Å². The van der Waals surface area contributed by atoms with Crippen LogP contribution in [0.5, 0.6) is 0 Å². The zero-order valence-electron chi connectivity index (χ0n) is 36.2. The summed E-state index contributed by atoms with van der Waals surface area (Å²) >= 11 is 0. The standard InChI is InChI=1S/C45H78O15/c1-3-5-7-9-11-13-15-16-17-18-20-22-24-26-28-37(48)58-33(30-55-36(47)27-25-23-21-19-14-12-10-8-6-4-2)31-56-44-43(54)41(52)39(50)35(60-44)32-57-45-42(53)40(51)38(49)34(29-46)59-45/h8-11,15-16,33-35,38-46,49-54H,3-7,12-14,17-32H2,1-2H3/b10-8-,11-9-,16-15-. The van der Waals surface area contributed by atoms with Crippen molar-refractivity contribution in [2.45, 2.75) is 210 Å². The summed E-state index contributed by atoms with van der Waals surface area (Å²) in [6, 6.07) is 0. The Morgan fingerprint density at radius 2 is 1.03 bits per heavy atom. The molecular weight excluding hydrogens is 780 g/mol. The van der Waals surface area contributed by atoms with Crippen LogP contribution in [-0.4, -0.2) is 142 Å². The fourth-order valence-corrected chi connectivity index (χ4v) is 6.76. The molecular formula is C45H78O15. The lowest BCUT2D eigenvalue weighted by Crippen LogP contribution is -2.61. The highest BCUT2D eigenvalue weighted by Gasteiger charge is 2.47. The normalized spacial score (nSPS) is 27.9. The summed E-state index contributed by atoms with van der Waals surface area (Å²) in [5, 5.41) is 71.8. The molecule has 0 aliphatic carbocycles. The van der Waals surface area contributed by atoms with Crippen LogP contribution in [0.4, 0.5) is 0 Å². The predicted octanol–water partition coefficient (Wildman–Crippen LogP) is 4.59. The Balaban J connectivity index is 1.87. The van der Waals surface area contributed by atoms with Gasteiger partial charge in [-0.3, -0.25) is 9.59 Å². The third-order valence-electron chi connectivity index (χ3n) is 10.6. The molecule has 2 saturated heterocycles. The van der Waals surface area contributed by atoms with Gasteiger partial charge in [-0.2, -0.15) is 0 Å². The molecule has 0 aromatic rings. The van der Waals surface area contributed by atoms with E-state index < -0.39 is 99.3 Å². The summed E-state index contributed by atoms with van der Waals surface area (Å²) in [4.78, 5) is 25.6. The summed E-state index contributed by atoms with van der Waals surface area (Å²) in [7, 11) is 0. The van der Waals surface area contributed by atoms with Gasteiger partial charge >= 0.3 is 11.9 Å². The van der Waals surface area contributed by atoms with Crippen molar-refractivity contribution in [1.29, 1.82) is 0 Å². The largest absolute Gasteiger partial charge is 0.462 e. The second kappa shape index (κ2) is 33.3. The zero-order chi connectivity index (χ0) is 44.0. The van der Waals surface area contributed by atoms with Crippen molar-refractivity contribution in [3.05, 3.63) is 36.5 Å². The van der Waals surface area contributed by atoms with E-state index in [4.69, 9.17) is 28.4 Å². The molecule has 11 unspecified atom stereocenters. The van der Waals surface area contributed by atoms with Gasteiger partial charge in [0, 0.05) is 12.8 Å². The number of hydrogen-bond donors (Lipinski definition) is 7. The lowest BCUT2D eigenvalue weighted by molar-refractivity contribution is -0.332. The maximum absolute atomic E-state index is 12.9. The molecule has 2 fully saturated rings. The van der Waals surface area contributed by atoms with Gasteiger partial charge in [0.1, 0.15) is 55.4 Å². The van der Waals surface area contributed by atoms with E-state index in [-0.39, 0.29) is 19.4 Å². The maximum atomic E-state index is 12.9. The molecule has 2 aliphatic rings. The molecule has 348 valence electrons. The van der Waals surface area contributed by atoms with E-state index in [1.807, 2.05) is 0 Å². The predicted molar refractivity (Wildman–Crippen MR) is 224 cm³/mol. The Hall–Kier alpha value is -2.28. The number of rotatable bonds is 33. The van der Waals surface area contributed by atoms with Crippen molar-refractivity contribution < 1.29 is 73.8 Å². The second-order valence-electron chi connectivity index (χ2n) is 15.9. The van der Waals surface area contributed by atoms with Crippen LogP contribution in [0.15, 0.2) is 36.5 Å². The molecule has 0 saturated carbocycles. The molecule has 0 bridgehead atoms. The van der Waals surface area contributed by atoms with Gasteiger partial charge in [0.05, 0.1) is 19.8 Å². The summed E-state index contributed by atoms with van der Waals surface area (Å²) in [6.07, 6.45) is 14.8. The van der Waals surface area contributed by atoms with Crippen LogP contribution in [0.1, 0.15) is 142 Å². The minimum absolute atomic E-state index is 0.147. The highest BCUT2D eigenvalue weighted by Crippen LogP contribution is 2.26. The fourth-order valence-electron chi connectivity index (χ4n) is 6.76. The van der Waals surface area contributed by atoms with Crippen LogP contribution in [0.3, 0.4) is 0 Å². The van der Waals surface area contributed by atoms with Crippen LogP contribution in [0.2, 0.25) is 0 Å². The van der Waals surface area contributed by atoms with E-state index in [2.05, 4.69) is 50.3 Å². The first kappa shape index (κ1) is 53.9. The molecule has 0 radical (unpaired) electrons. The number of aliphatic hydroxyl groups is 7. The van der Waals surface area contributed by atoms with Gasteiger partial charge in [-0.1, -0.05) is 108 Å². The van der Waals surface area contributed by atoms with Crippen molar-refractivity contribution in [2.75, 3.05) is 26.4 Å². The minimum Gasteiger partial charge on any atom is -0.462 e. The van der Waals surface area contributed by atoms with Crippen LogP contribution in [0.25, 0.3) is 0 Å². The van der Waals surface area contributed by atoms with Gasteiger partial charge in [-0.25, -0.2) is 0 Å². The summed E-state index contributed by atoms with van der Waals surface area (Å²) in [5.41, 5.74) is 0. The van der Waals surface area contributed by atoms with Gasteiger partial charge in [-0.05, 0) is 57.8 Å². The number of allylic oxidation sites excluding steroid dienone is 6. The number of carbonyl (C=O) groups is 2. The SMILES string of the molecule is CCC/C=C\CCCCCCCC(=O)OCC(COC1OC(COC2OC(CO)C(O)C(O)C2O)C(O)C(O)C1O)OC(=O)CCCCCCC/C=C\C/C=C\CCCC. The van der Waals surface area contributed by atoms with E-state index in [1.165, 1.54) is 12.8 Å². The number of carbonyl (C=O) groups excluding carboxylic acids is 2. The Bertz CT molecular complexity index is 1200. The number of aliphatic hydroxyl groups excluding tert-OH is 7. The van der Waals surface area contributed by atoms with Gasteiger partial charge in [-0.15, -0.1) is 0 Å². The first-order valence-electron chi connectivity index (χ1n) is 22.6. The number of ether oxygens (including phenoxy) is 6. The highest BCUT2D eigenvalue weighted by molar-refractivity contribution is 5.70. The Morgan fingerprint density at radius 1 is 0.533 bits per heavy atom. The van der Waals surface area contributed by atoms with Crippen molar-refractivity contribution in [3.8, 4) is 0 Å². The van der Waals surface area contributed by atoms with Gasteiger partial charge in [0.2, 0.25) is 0 Å². The third-order valence-corrected chi connectivity index (χ3v) is 10.6. The molecule has 60 heavy (non-hydrogen) atoms. The Labute approximate surface area is 357 Å². The zero-order valence-corrected chi connectivity index (χ0v) is 36.2. The summed E-state index contributed by atoms with van der Waals surface area (Å²) < 4.78 is 33.4. The van der Waals surface area contributed by atoms with E-state index >= 15 is 0 Å². The van der Waals surface area contributed by atoms with Gasteiger partial charge < -0.3 is 64.2 Å². The second-order valence-corrected chi connectivity index (χ2v) is 15.9. The number of unbranched alkanes of at least 4 members (excludes halogenated alkanes) is 13. The molecule has 11 atom stereocenters. The molecule has 15 nitrogen and oxygen atoms in total. The molecule has 2 heterocycles. The van der Waals surface area contributed by atoms with Crippen LogP contribution < -0.4 is 0 Å².